The van der Waals surface area contributed by atoms with Crippen LogP contribution in [0.5, 0.6) is 11.5 Å². The van der Waals surface area contributed by atoms with Gasteiger partial charge in [0.2, 0.25) is 5.91 Å². The van der Waals surface area contributed by atoms with Gasteiger partial charge in [0, 0.05) is 12.0 Å². The van der Waals surface area contributed by atoms with Crippen LogP contribution < -0.4 is 14.8 Å². The summed E-state index contributed by atoms with van der Waals surface area (Å²) in [5.41, 5.74) is 2.07. The van der Waals surface area contributed by atoms with Crippen molar-refractivity contribution in [2.45, 2.75) is 19.3 Å². The van der Waals surface area contributed by atoms with E-state index in [9.17, 15) is 14.0 Å². The first-order chi connectivity index (χ1) is 14.4. The molecule has 1 aromatic heterocycles. The average molecular weight is 409 g/mol. The number of Topliss-reactive ketones (excluding diaryl/α,β-unsaturated/α-hetero) is 1. The van der Waals surface area contributed by atoms with Crippen molar-refractivity contribution in [2.24, 2.45) is 0 Å². The highest BCUT2D eigenvalue weighted by atomic mass is 19.1. The van der Waals surface area contributed by atoms with Crippen LogP contribution >= 0.6 is 0 Å². The van der Waals surface area contributed by atoms with Crippen molar-refractivity contribution in [1.29, 1.82) is 0 Å². The molecule has 154 valence electrons. The molecule has 0 aliphatic carbocycles. The van der Waals surface area contributed by atoms with Gasteiger partial charge in [-0.2, -0.15) is 5.10 Å². The van der Waals surface area contributed by atoms with E-state index in [0.717, 1.165) is 0 Å². The molecule has 1 aliphatic heterocycles. The Morgan fingerprint density at radius 1 is 1.13 bits per heavy atom. The number of benzene rings is 2. The van der Waals surface area contributed by atoms with Gasteiger partial charge in [0.25, 0.3) is 0 Å². The monoisotopic (exact) mass is 409 g/mol. The van der Waals surface area contributed by atoms with Crippen LogP contribution in [0.4, 0.5) is 10.2 Å². The number of aromatic nitrogens is 2. The summed E-state index contributed by atoms with van der Waals surface area (Å²) in [6.45, 7) is 1.77. The molecule has 0 spiro atoms. The number of halogens is 1. The van der Waals surface area contributed by atoms with E-state index in [-0.39, 0.29) is 29.5 Å². The third kappa shape index (κ3) is 3.20. The molecule has 0 fully saturated rings. The number of hydrogen-bond acceptors (Lipinski definition) is 5. The van der Waals surface area contributed by atoms with Crippen molar-refractivity contribution in [3.8, 4) is 17.2 Å². The predicted octanol–water partition coefficient (Wildman–Crippen LogP) is 3.65. The summed E-state index contributed by atoms with van der Waals surface area (Å²) in [7, 11) is 2.95. The molecule has 1 N–H and O–H groups in total. The fourth-order valence-corrected chi connectivity index (χ4v) is 3.81. The molecule has 8 heteroatoms. The number of ketones is 1. The van der Waals surface area contributed by atoms with Crippen molar-refractivity contribution in [3.05, 3.63) is 65.1 Å². The lowest BCUT2D eigenvalue weighted by atomic mass is 9.85. The fourth-order valence-electron chi connectivity index (χ4n) is 3.81. The zero-order chi connectivity index (χ0) is 21.4. The lowest BCUT2D eigenvalue weighted by molar-refractivity contribution is -0.116. The maximum absolute atomic E-state index is 13.6. The summed E-state index contributed by atoms with van der Waals surface area (Å²) in [5, 5.41) is 7.31. The number of methoxy groups -OCH3 is 2. The number of rotatable bonds is 5. The molecule has 1 aliphatic rings. The van der Waals surface area contributed by atoms with Gasteiger partial charge in [0.1, 0.15) is 28.7 Å². The van der Waals surface area contributed by atoms with Crippen LogP contribution in [0, 0.1) is 12.7 Å². The van der Waals surface area contributed by atoms with Crippen molar-refractivity contribution < 1.29 is 23.5 Å². The number of ether oxygens (including phenoxy) is 2. The van der Waals surface area contributed by atoms with Gasteiger partial charge in [-0.25, -0.2) is 9.07 Å². The van der Waals surface area contributed by atoms with Crippen molar-refractivity contribution >= 4 is 17.5 Å². The molecule has 0 unspecified atom stereocenters. The molecule has 1 amide bonds. The summed E-state index contributed by atoms with van der Waals surface area (Å²) in [6.07, 6.45) is -0.0248. The first-order valence-electron chi connectivity index (χ1n) is 9.35. The van der Waals surface area contributed by atoms with E-state index in [4.69, 9.17) is 9.47 Å². The van der Waals surface area contributed by atoms with Crippen LogP contribution in [0.15, 0.2) is 42.5 Å². The molecular formula is C22H20FN3O4. The Hall–Kier alpha value is -3.68. The number of aryl methyl sites for hydroxylation is 1. The van der Waals surface area contributed by atoms with E-state index < -0.39 is 5.92 Å². The van der Waals surface area contributed by atoms with Crippen molar-refractivity contribution in [3.63, 3.8) is 0 Å². The Bertz CT molecular complexity index is 1120. The van der Waals surface area contributed by atoms with Crippen molar-refractivity contribution in [2.75, 3.05) is 19.5 Å². The first-order valence-corrected chi connectivity index (χ1v) is 9.35. The van der Waals surface area contributed by atoms with E-state index in [2.05, 4.69) is 10.4 Å². The van der Waals surface area contributed by atoms with Crippen LogP contribution in [0.2, 0.25) is 0 Å². The average Bonchev–Trinajstić information content (AvgIpc) is 3.08. The normalized spacial score (nSPS) is 15.3. The summed E-state index contributed by atoms with van der Waals surface area (Å²) < 4.78 is 25.6. The molecule has 0 radical (unpaired) electrons. The van der Waals surface area contributed by atoms with Gasteiger partial charge in [0.15, 0.2) is 5.78 Å². The number of carbonyl (C=O) groups excluding carboxylic acids is 2. The molecule has 3 aromatic rings. The quantitative estimate of drug-likeness (QED) is 0.651. The molecule has 30 heavy (non-hydrogen) atoms. The van der Waals surface area contributed by atoms with E-state index in [0.29, 0.717) is 34.3 Å². The number of carbonyl (C=O) groups is 2. The number of hydrogen-bond donors (Lipinski definition) is 1. The molecule has 0 bridgehead atoms. The molecule has 2 heterocycles. The van der Waals surface area contributed by atoms with Gasteiger partial charge in [-0.05, 0) is 43.3 Å². The number of fused-ring (bicyclic) bond motifs is 1. The minimum absolute atomic E-state index is 0.0248. The first kappa shape index (κ1) is 19.6. The fraction of sp³-hybridized carbons (Fsp3) is 0.227. The predicted molar refractivity (Wildman–Crippen MR) is 108 cm³/mol. The topological polar surface area (TPSA) is 82.4 Å². The Kier molecular flexibility index (Phi) is 4.99. The van der Waals surface area contributed by atoms with Gasteiger partial charge < -0.3 is 14.8 Å². The van der Waals surface area contributed by atoms with E-state index in [1.807, 2.05) is 0 Å². The van der Waals surface area contributed by atoms with Crippen LogP contribution in [0.25, 0.3) is 5.69 Å². The Morgan fingerprint density at radius 2 is 1.77 bits per heavy atom. The largest absolute Gasteiger partial charge is 0.496 e. The maximum Gasteiger partial charge on any atom is 0.226 e. The van der Waals surface area contributed by atoms with Gasteiger partial charge in [0.05, 0.1) is 31.5 Å². The van der Waals surface area contributed by atoms with Gasteiger partial charge >= 0.3 is 0 Å². The van der Waals surface area contributed by atoms with Crippen LogP contribution in [0.1, 0.15) is 34.0 Å². The van der Waals surface area contributed by atoms with Gasteiger partial charge in [-0.1, -0.05) is 6.07 Å². The molecule has 2 aromatic carbocycles. The minimum Gasteiger partial charge on any atom is -0.496 e. The molecule has 7 nitrogen and oxygen atoms in total. The Balaban J connectivity index is 1.85. The summed E-state index contributed by atoms with van der Waals surface area (Å²) in [5.74, 6) is -0.585. The van der Waals surface area contributed by atoms with E-state index >= 15 is 0 Å². The van der Waals surface area contributed by atoms with Crippen molar-refractivity contribution in [1.82, 2.24) is 9.78 Å². The number of nitrogens with one attached hydrogen (secondary N) is 1. The highest BCUT2D eigenvalue weighted by molar-refractivity contribution is 6.10. The number of anilines is 1. The zero-order valence-corrected chi connectivity index (χ0v) is 16.7. The second-order valence-corrected chi connectivity index (χ2v) is 6.94. The zero-order valence-electron chi connectivity index (χ0n) is 16.7. The highest BCUT2D eigenvalue weighted by Crippen LogP contribution is 2.41. The minimum atomic E-state index is -0.756. The number of amides is 1. The second kappa shape index (κ2) is 7.62. The molecular weight excluding hydrogens is 389 g/mol. The lowest BCUT2D eigenvalue weighted by Gasteiger charge is -2.24. The van der Waals surface area contributed by atoms with E-state index in [1.165, 1.54) is 31.0 Å². The molecule has 0 saturated heterocycles. The Labute approximate surface area is 172 Å². The van der Waals surface area contributed by atoms with Crippen LogP contribution in [-0.2, 0) is 4.79 Å². The highest BCUT2D eigenvalue weighted by Gasteiger charge is 2.38. The SMILES string of the molecule is COc1cccc(OC)c1C(=O)[C@@H]1CC(=O)Nc2c1c(C)nn2-c1ccc(F)cc1. The Morgan fingerprint density at radius 3 is 2.37 bits per heavy atom. The maximum atomic E-state index is 13.6. The molecule has 1 atom stereocenters. The summed E-state index contributed by atoms with van der Waals surface area (Å²) in [6, 6.07) is 10.8. The third-order valence-corrected chi connectivity index (χ3v) is 5.16. The van der Waals surface area contributed by atoms with E-state index in [1.54, 1.807) is 37.3 Å². The molecule has 0 saturated carbocycles. The third-order valence-electron chi connectivity index (χ3n) is 5.16. The van der Waals surface area contributed by atoms with Gasteiger partial charge in [-0.15, -0.1) is 0 Å². The molecule has 4 rings (SSSR count). The summed E-state index contributed by atoms with van der Waals surface area (Å²) >= 11 is 0. The van der Waals surface area contributed by atoms with Gasteiger partial charge in [-0.3, -0.25) is 9.59 Å². The second-order valence-electron chi connectivity index (χ2n) is 6.94. The summed E-state index contributed by atoms with van der Waals surface area (Å²) in [4.78, 5) is 26.1. The van der Waals surface area contributed by atoms with Crippen LogP contribution in [0.3, 0.4) is 0 Å². The number of nitrogens with zero attached hydrogens (tertiary/aromatic N) is 2. The lowest BCUT2D eigenvalue weighted by Crippen LogP contribution is -2.29. The standard InChI is InChI=1S/C22H20FN3O4/c1-12-19-15(21(28)20-16(29-2)5-4-6-17(20)30-3)11-18(27)24-22(19)26(25-12)14-9-7-13(23)8-10-14/h4-10,15H,11H2,1-3H3,(H,24,27)/t15-/m1/s1. The smallest absolute Gasteiger partial charge is 0.226 e. The van der Waals surface area contributed by atoms with Crippen LogP contribution in [-0.4, -0.2) is 35.7 Å².